The van der Waals surface area contributed by atoms with Gasteiger partial charge in [0, 0.05) is 12.1 Å². The molecular formula is C16H24FNO. The summed E-state index contributed by atoms with van der Waals surface area (Å²) in [4.78, 5) is 2.33. The van der Waals surface area contributed by atoms with Crippen molar-refractivity contribution in [1.29, 1.82) is 0 Å². The number of benzene rings is 1. The molecule has 1 saturated heterocycles. The molecule has 0 bridgehead atoms. The summed E-state index contributed by atoms with van der Waals surface area (Å²) in [5.74, 6) is 1.46. The van der Waals surface area contributed by atoms with E-state index in [9.17, 15) is 9.50 Å². The van der Waals surface area contributed by atoms with E-state index < -0.39 is 0 Å². The SMILES string of the molecule is CC(C)C1CCCN(Cc2cc(F)ccc2O)CC1. The third kappa shape index (κ3) is 3.93. The van der Waals surface area contributed by atoms with E-state index in [1.54, 1.807) is 0 Å². The predicted octanol–water partition coefficient (Wildman–Crippen LogP) is 3.79. The van der Waals surface area contributed by atoms with Gasteiger partial charge in [0.15, 0.2) is 0 Å². The lowest BCUT2D eigenvalue weighted by Gasteiger charge is -2.21. The number of nitrogens with zero attached hydrogens (tertiary/aromatic N) is 1. The molecule has 1 aliphatic rings. The number of aromatic hydroxyl groups is 1. The lowest BCUT2D eigenvalue weighted by Crippen LogP contribution is -2.24. The van der Waals surface area contributed by atoms with Crippen LogP contribution in [0.2, 0.25) is 0 Å². The van der Waals surface area contributed by atoms with Crippen molar-refractivity contribution in [2.45, 2.75) is 39.7 Å². The van der Waals surface area contributed by atoms with Crippen LogP contribution in [0.4, 0.5) is 4.39 Å². The summed E-state index contributed by atoms with van der Waals surface area (Å²) in [5.41, 5.74) is 0.697. The monoisotopic (exact) mass is 265 g/mol. The highest BCUT2D eigenvalue weighted by Gasteiger charge is 2.20. The van der Waals surface area contributed by atoms with Gasteiger partial charge in [-0.3, -0.25) is 4.90 Å². The molecule has 1 aliphatic heterocycles. The van der Waals surface area contributed by atoms with Crippen LogP contribution in [0.1, 0.15) is 38.7 Å². The van der Waals surface area contributed by atoms with E-state index in [-0.39, 0.29) is 11.6 Å². The lowest BCUT2D eigenvalue weighted by molar-refractivity contribution is 0.261. The van der Waals surface area contributed by atoms with Gasteiger partial charge >= 0.3 is 0 Å². The Morgan fingerprint density at radius 3 is 2.84 bits per heavy atom. The fraction of sp³-hybridized carbons (Fsp3) is 0.625. The Bertz CT molecular complexity index is 419. The molecule has 2 rings (SSSR count). The minimum atomic E-state index is -0.275. The number of hydrogen-bond acceptors (Lipinski definition) is 2. The van der Waals surface area contributed by atoms with Gasteiger partial charge in [-0.05, 0) is 62.4 Å². The minimum Gasteiger partial charge on any atom is -0.508 e. The zero-order chi connectivity index (χ0) is 13.8. The quantitative estimate of drug-likeness (QED) is 0.898. The Labute approximate surface area is 115 Å². The lowest BCUT2D eigenvalue weighted by atomic mass is 9.89. The maximum absolute atomic E-state index is 13.2. The largest absolute Gasteiger partial charge is 0.508 e. The molecule has 3 heteroatoms. The fourth-order valence-electron chi connectivity index (χ4n) is 2.93. The van der Waals surface area contributed by atoms with Gasteiger partial charge in [-0.15, -0.1) is 0 Å². The molecule has 0 saturated carbocycles. The topological polar surface area (TPSA) is 23.5 Å². The Kier molecular flexibility index (Phi) is 4.81. The van der Waals surface area contributed by atoms with E-state index in [1.807, 2.05) is 0 Å². The summed E-state index contributed by atoms with van der Waals surface area (Å²) in [7, 11) is 0. The maximum atomic E-state index is 13.2. The van der Waals surface area contributed by atoms with E-state index in [4.69, 9.17) is 0 Å². The number of hydrogen-bond donors (Lipinski definition) is 1. The van der Waals surface area contributed by atoms with E-state index >= 15 is 0 Å². The highest BCUT2D eigenvalue weighted by atomic mass is 19.1. The first-order chi connectivity index (χ1) is 9.06. The summed E-state index contributed by atoms with van der Waals surface area (Å²) in [5, 5.41) is 9.78. The van der Waals surface area contributed by atoms with Gasteiger partial charge in [0.25, 0.3) is 0 Å². The van der Waals surface area contributed by atoms with Crippen LogP contribution in [0.3, 0.4) is 0 Å². The zero-order valence-corrected chi connectivity index (χ0v) is 11.9. The summed E-state index contributed by atoms with van der Waals surface area (Å²) in [6, 6.07) is 4.19. The molecule has 2 nitrogen and oxygen atoms in total. The van der Waals surface area contributed by atoms with Crippen molar-refractivity contribution in [2.24, 2.45) is 11.8 Å². The summed E-state index contributed by atoms with van der Waals surface area (Å²) in [6.07, 6.45) is 3.68. The van der Waals surface area contributed by atoms with Crippen LogP contribution in [-0.4, -0.2) is 23.1 Å². The van der Waals surface area contributed by atoms with Crippen LogP contribution in [0, 0.1) is 17.7 Å². The molecule has 1 atom stereocenters. The second-order valence-corrected chi connectivity index (χ2v) is 5.98. The second kappa shape index (κ2) is 6.38. The van der Waals surface area contributed by atoms with Gasteiger partial charge in [0.05, 0.1) is 0 Å². The second-order valence-electron chi connectivity index (χ2n) is 5.98. The van der Waals surface area contributed by atoms with Crippen molar-refractivity contribution in [3.8, 4) is 5.75 Å². The first-order valence-corrected chi connectivity index (χ1v) is 7.26. The number of phenolic OH excluding ortho intramolecular Hbond substituents is 1. The number of halogens is 1. The highest BCUT2D eigenvalue weighted by Crippen LogP contribution is 2.26. The van der Waals surface area contributed by atoms with Crippen molar-refractivity contribution >= 4 is 0 Å². The van der Waals surface area contributed by atoms with Gasteiger partial charge in [-0.25, -0.2) is 4.39 Å². The molecule has 19 heavy (non-hydrogen) atoms. The van der Waals surface area contributed by atoms with Gasteiger partial charge in [0.2, 0.25) is 0 Å². The molecule has 1 fully saturated rings. The van der Waals surface area contributed by atoms with Gasteiger partial charge in [-0.2, -0.15) is 0 Å². The van der Waals surface area contributed by atoms with E-state index in [0.29, 0.717) is 12.1 Å². The van der Waals surface area contributed by atoms with Crippen LogP contribution in [0.5, 0.6) is 5.75 Å². The Morgan fingerprint density at radius 2 is 2.11 bits per heavy atom. The summed E-state index contributed by atoms with van der Waals surface area (Å²) in [6.45, 7) is 7.31. The van der Waals surface area contributed by atoms with Crippen LogP contribution >= 0.6 is 0 Å². The third-order valence-electron chi connectivity index (χ3n) is 4.24. The average molecular weight is 265 g/mol. The highest BCUT2D eigenvalue weighted by molar-refractivity contribution is 5.32. The smallest absolute Gasteiger partial charge is 0.123 e. The van der Waals surface area contributed by atoms with E-state index in [1.165, 1.54) is 37.5 Å². The average Bonchev–Trinajstić information content (AvgIpc) is 2.59. The first-order valence-electron chi connectivity index (χ1n) is 7.26. The summed E-state index contributed by atoms with van der Waals surface area (Å²) < 4.78 is 13.2. The molecule has 1 heterocycles. The molecule has 1 unspecified atom stereocenters. The predicted molar refractivity (Wildman–Crippen MR) is 75.5 cm³/mol. The molecule has 0 radical (unpaired) electrons. The Morgan fingerprint density at radius 1 is 1.32 bits per heavy atom. The van der Waals surface area contributed by atoms with Crippen molar-refractivity contribution in [1.82, 2.24) is 4.90 Å². The minimum absolute atomic E-state index is 0.200. The number of phenols is 1. The fourth-order valence-corrected chi connectivity index (χ4v) is 2.93. The van der Waals surface area contributed by atoms with Crippen LogP contribution < -0.4 is 0 Å². The number of likely N-dealkylation sites (tertiary alicyclic amines) is 1. The van der Waals surface area contributed by atoms with Crippen LogP contribution in [-0.2, 0) is 6.54 Å². The van der Waals surface area contributed by atoms with Crippen LogP contribution in [0.25, 0.3) is 0 Å². The maximum Gasteiger partial charge on any atom is 0.123 e. The van der Waals surface area contributed by atoms with Crippen molar-refractivity contribution < 1.29 is 9.50 Å². The standard InChI is InChI=1S/C16H24FNO/c1-12(2)13-4-3-8-18(9-7-13)11-14-10-15(17)5-6-16(14)19/h5-6,10,12-13,19H,3-4,7-9,11H2,1-2H3. The molecule has 0 aromatic heterocycles. The molecule has 0 spiro atoms. The van der Waals surface area contributed by atoms with Gasteiger partial charge < -0.3 is 5.11 Å². The molecule has 1 aromatic carbocycles. The van der Waals surface area contributed by atoms with Crippen molar-refractivity contribution in [2.75, 3.05) is 13.1 Å². The molecule has 0 amide bonds. The van der Waals surface area contributed by atoms with Crippen molar-refractivity contribution in [3.63, 3.8) is 0 Å². The molecule has 1 aromatic rings. The Hall–Kier alpha value is -1.09. The first kappa shape index (κ1) is 14.3. The normalized spacial score (nSPS) is 21.6. The molecule has 1 N–H and O–H groups in total. The van der Waals surface area contributed by atoms with Crippen LogP contribution in [0.15, 0.2) is 18.2 Å². The zero-order valence-electron chi connectivity index (χ0n) is 11.9. The number of rotatable bonds is 3. The van der Waals surface area contributed by atoms with E-state index in [0.717, 1.165) is 24.9 Å². The Balaban J connectivity index is 1.98. The molecule has 0 aliphatic carbocycles. The summed E-state index contributed by atoms with van der Waals surface area (Å²) >= 11 is 0. The molecular weight excluding hydrogens is 241 g/mol. The van der Waals surface area contributed by atoms with Gasteiger partial charge in [0.1, 0.15) is 11.6 Å². The van der Waals surface area contributed by atoms with Crippen molar-refractivity contribution in [3.05, 3.63) is 29.6 Å². The van der Waals surface area contributed by atoms with Gasteiger partial charge in [-0.1, -0.05) is 13.8 Å². The third-order valence-corrected chi connectivity index (χ3v) is 4.24. The van der Waals surface area contributed by atoms with E-state index in [2.05, 4.69) is 18.7 Å². The molecule has 106 valence electrons.